The summed E-state index contributed by atoms with van der Waals surface area (Å²) in [6.45, 7) is 6.16. The Morgan fingerprint density at radius 1 is 1.21 bits per heavy atom. The van der Waals surface area contributed by atoms with Gasteiger partial charge in [0.05, 0.1) is 12.7 Å². The van der Waals surface area contributed by atoms with Gasteiger partial charge in [-0.3, -0.25) is 4.90 Å². The van der Waals surface area contributed by atoms with Gasteiger partial charge in [-0.1, -0.05) is 30.3 Å². The standard InChI is InChI=1S/C12H17NO.C2H7N.2ClH/c1-11-9-13(7-8-14-11)10-12-5-3-2-4-6-12;1-3-2;;/h2-6,11H,7-10H2,1H3;3H,1-2H3;2*1H. The quantitative estimate of drug-likeness (QED) is 0.909. The molecule has 0 radical (unpaired) electrons. The zero-order valence-electron chi connectivity index (χ0n) is 12.0. The topological polar surface area (TPSA) is 24.5 Å². The minimum Gasteiger partial charge on any atom is -0.376 e. The number of nitrogens with one attached hydrogen (secondary N) is 1. The molecule has 1 saturated heterocycles. The van der Waals surface area contributed by atoms with E-state index < -0.39 is 0 Å². The van der Waals surface area contributed by atoms with E-state index in [0.717, 1.165) is 26.2 Å². The van der Waals surface area contributed by atoms with Crippen LogP contribution in [0.2, 0.25) is 0 Å². The first kappa shape index (κ1) is 21.0. The third kappa shape index (κ3) is 9.25. The Hall–Kier alpha value is -0.320. The van der Waals surface area contributed by atoms with Crippen molar-refractivity contribution in [2.75, 3.05) is 33.8 Å². The van der Waals surface area contributed by atoms with Crippen LogP contribution < -0.4 is 5.32 Å². The Morgan fingerprint density at radius 3 is 2.32 bits per heavy atom. The zero-order valence-corrected chi connectivity index (χ0v) is 13.6. The predicted molar refractivity (Wildman–Crippen MR) is 86.6 cm³/mol. The molecule has 5 heteroatoms. The van der Waals surface area contributed by atoms with Crippen LogP contribution in [0, 0.1) is 0 Å². The maximum absolute atomic E-state index is 5.50. The monoisotopic (exact) mass is 308 g/mol. The first-order valence-electron chi connectivity index (χ1n) is 6.22. The Morgan fingerprint density at radius 2 is 1.79 bits per heavy atom. The highest BCUT2D eigenvalue weighted by atomic mass is 35.5. The largest absolute Gasteiger partial charge is 0.376 e. The molecule has 1 aromatic rings. The lowest BCUT2D eigenvalue weighted by atomic mass is 10.2. The maximum atomic E-state index is 5.50. The molecule has 1 aliphatic rings. The van der Waals surface area contributed by atoms with Crippen molar-refractivity contribution in [1.82, 2.24) is 10.2 Å². The second kappa shape index (κ2) is 12.7. The second-order valence-corrected chi connectivity index (χ2v) is 4.40. The van der Waals surface area contributed by atoms with Gasteiger partial charge in [-0.15, -0.1) is 24.8 Å². The lowest BCUT2D eigenvalue weighted by molar-refractivity contribution is -0.0212. The predicted octanol–water partition coefficient (Wildman–Crippen LogP) is 2.59. The average molecular weight is 309 g/mol. The van der Waals surface area contributed by atoms with Crippen LogP contribution in [-0.4, -0.2) is 44.8 Å². The Kier molecular flexibility index (Phi) is 14.0. The number of rotatable bonds is 2. The summed E-state index contributed by atoms with van der Waals surface area (Å²) in [6.07, 6.45) is 0.382. The fraction of sp³-hybridized carbons (Fsp3) is 0.571. The van der Waals surface area contributed by atoms with Crippen LogP contribution in [0.5, 0.6) is 0 Å². The SMILES string of the molecule is CC1CN(Cc2ccccc2)CCO1.CNC.Cl.Cl. The molecule has 1 heterocycles. The van der Waals surface area contributed by atoms with Gasteiger partial charge >= 0.3 is 0 Å². The highest BCUT2D eigenvalue weighted by Gasteiger charge is 2.16. The van der Waals surface area contributed by atoms with E-state index in [0.29, 0.717) is 6.10 Å². The van der Waals surface area contributed by atoms with E-state index in [1.807, 2.05) is 14.1 Å². The molecule has 19 heavy (non-hydrogen) atoms. The zero-order chi connectivity index (χ0) is 12.5. The Labute approximate surface area is 129 Å². The summed E-state index contributed by atoms with van der Waals surface area (Å²) < 4.78 is 5.50. The summed E-state index contributed by atoms with van der Waals surface area (Å²) in [5, 5.41) is 2.75. The first-order chi connectivity index (χ1) is 8.26. The number of morpholine rings is 1. The molecule has 112 valence electrons. The number of ether oxygens (including phenoxy) is 1. The third-order valence-electron chi connectivity index (χ3n) is 2.57. The van der Waals surface area contributed by atoms with E-state index in [1.165, 1.54) is 5.56 Å². The molecule has 3 nitrogen and oxygen atoms in total. The van der Waals surface area contributed by atoms with Crippen LogP contribution >= 0.6 is 24.8 Å². The van der Waals surface area contributed by atoms with E-state index in [2.05, 4.69) is 47.5 Å². The number of hydrogen-bond donors (Lipinski definition) is 1. The molecular weight excluding hydrogens is 283 g/mol. The van der Waals surface area contributed by atoms with Gasteiger partial charge in [0.1, 0.15) is 0 Å². The van der Waals surface area contributed by atoms with Crippen LogP contribution in [0.15, 0.2) is 30.3 Å². The molecule has 0 aliphatic carbocycles. The van der Waals surface area contributed by atoms with Crippen LogP contribution in [0.25, 0.3) is 0 Å². The van der Waals surface area contributed by atoms with Crippen molar-refractivity contribution >= 4 is 24.8 Å². The lowest BCUT2D eigenvalue weighted by Gasteiger charge is -2.31. The van der Waals surface area contributed by atoms with Crippen LogP contribution in [-0.2, 0) is 11.3 Å². The van der Waals surface area contributed by atoms with Crippen molar-refractivity contribution in [3.8, 4) is 0 Å². The summed E-state index contributed by atoms with van der Waals surface area (Å²) in [5.74, 6) is 0. The highest BCUT2D eigenvalue weighted by Crippen LogP contribution is 2.09. The van der Waals surface area contributed by atoms with Crippen molar-refractivity contribution < 1.29 is 4.74 Å². The molecule has 1 atom stereocenters. The number of halogens is 2. The minimum atomic E-state index is 0. The van der Waals surface area contributed by atoms with E-state index in [4.69, 9.17) is 4.74 Å². The van der Waals surface area contributed by atoms with Gasteiger partial charge < -0.3 is 10.1 Å². The van der Waals surface area contributed by atoms with E-state index in [1.54, 1.807) is 0 Å². The molecule has 0 aromatic heterocycles. The molecule has 1 fully saturated rings. The van der Waals surface area contributed by atoms with Crippen LogP contribution in [0.1, 0.15) is 12.5 Å². The smallest absolute Gasteiger partial charge is 0.0674 e. The molecule has 0 amide bonds. The maximum Gasteiger partial charge on any atom is 0.0674 e. The summed E-state index contributed by atoms with van der Waals surface area (Å²) >= 11 is 0. The van der Waals surface area contributed by atoms with E-state index in [-0.39, 0.29) is 24.8 Å². The fourth-order valence-corrected chi connectivity index (χ4v) is 1.88. The van der Waals surface area contributed by atoms with Gasteiger partial charge in [-0.2, -0.15) is 0 Å². The van der Waals surface area contributed by atoms with Gasteiger partial charge in [-0.05, 0) is 26.6 Å². The molecule has 1 N–H and O–H groups in total. The average Bonchev–Trinajstić information content (AvgIpc) is 2.31. The minimum absolute atomic E-state index is 0. The second-order valence-electron chi connectivity index (χ2n) is 4.40. The highest BCUT2D eigenvalue weighted by molar-refractivity contribution is 5.85. The summed E-state index contributed by atoms with van der Waals surface area (Å²) in [4.78, 5) is 2.45. The van der Waals surface area contributed by atoms with Gasteiger partial charge in [-0.25, -0.2) is 0 Å². The van der Waals surface area contributed by atoms with Gasteiger partial charge in [0.15, 0.2) is 0 Å². The molecular formula is C14H26Cl2N2O. The van der Waals surface area contributed by atoms with Crippen molar-refractivity contribution in [3.05, 3.63) is 35.9 Å². The number of nitrogens with zero attached hydrogens (tertiary/aromatic N) is 1. The third-order valence-corrected chi connectivity index (χ3v) is 2.57. The van der Waals surface area contributed by atoms with Crippen molar-refractivity contribution in [2.24, 2.45) is 0 Å². The molecule has 0 bridgehead atoms. The number of hydrogen-bond acceptors (Lipinski definition) is 3. The molecule has 2 rings (SSSR count). The Bertz CT molecular complexity index is 299. The summed E-state index contributed by atoms with van der Waals surface area (Å²) in [5.41, 5.74) is 1.39. The van der Waals surface area contributed by atoms with Crippen LogP contribution in [0.3, 0.4) is 0 Å². The van der Waals surface area contributed by atoms with E-state index >= 15 is 0 Å². The summed E-state index contributed by atoms with van der Waals surface area (Å²) in [7, 11) is 3.75. The number of benzene rings is 1. The van der Waals surface area contributed by atoms with Crippen molar-refractivity contribution in [1.29, 1.82) is 0 Å². The van der Waals surface area contributed by atoms with Crippen molar-refractivity contribution in [2.45, 2.75) is 19.6 Å². The molecule has 1 unspecified atom stereocenters. The van der Waals surface area contributed by atoms with Gasteiger partial charge in [0.25, 0.3) is 0 Å². The first-order valence-corrected chi connectivity index (χ1v) is 6.22. The van der Waals surface area contributed by atoms with E-state index in [9.17, 15) is 0 Å². The molecule has 1 aromatic carbocycles. The Balaban J connectivity index is 0. The van der Waals surface area contributed by atoms with Gasteiger partial charge in [0.2, 0.25) is 0 Å². The molecule has 0 spiro atoms. The van der Waals surface area contributed by atoms with Gasteiger partial charge in [0, 0.05) is 19.6 Å². The normalized spacial score (nSPS) is 18.4. The summed E-state index contributed by atoms with van der Waals surface area (Å²) in [6, 6.07) is 10.6. The van der Waals surface area contributed by atoms with Crippen molar-refractivity contribution in [3.63, 3.8) is 0 Å². The fourth-order valence-electron chi connectivity index (χ4n) is 1.88. The van der Waals surface area contributed by atoms with Crippen LogP contribution in [0.4, 0.5) is 0 Å². The molecule has 1 aliphatic heterocycles. The molecule has 0 saturated carbocycles. The lowest BCUT2D eigenvalue weighted by Crippen LogP contribution is -2.40.